The number of fused-ring (bicyclic) bond motifs is 1. The molecule has 0 aromatic carbocycles. The highest BCUT2D eigenvalue weighted by Gasteiger charge is 2.25. The predicted molar refractivity (Wildman–Crippen MR) is 129 cm³/mol. The fraction of sp³-hybridized carbons (Fsp3) is 0.458. The highest BCUT2D eigenvalue weighted by atomic mass is 15.4. The molecule has 8 nitrogen and oxygen atoms in total. The van der Waals surface area contributed by atoms with Crippen LogP contribution in [0.4, 0.5) is 17.5 Å². The number of nitrogens with zero attached hydrogens (tertiary/aromatic N) is 6. The summed E-state index contributed by atoms with van der Waals surface area (Å²) >= 11 is 0. The Hall–Kier alpha value is -3.15. The minimum absolute atomic E-state index is 0.0964. The highest BCUT2D eigenvalue weighted by Crippen LogP contribution is 2.32. The summed E-state index contributed by atoms with van der Waals surface area (Å²) in [6.45, 7) is 11.6. The van der Waals surface area contributed by atoms with Crippen molar-refractivity contribution in [3.05, 3.63) is 41.4 Å². The fourth-order valence-electron chi connectivity index (χ4n) is 4.14. The number of piperazine rings is 1. The smallest absolute Gasteiger partial charge is 0.228 e. The first-order valence-corrected chi connectivity index (χ1v) is 11.3. The Bertz CT molecular complexity index is 1010. The molecule has 0 spiro atoms. The Labute approximate surface area is 190 Å². The molecule has 1 aliphatic carbocycles. The second-order valence-corrected chi connectivity index (χ2v) is 8.49. The zero-order valence-corrected chi connectivity index (χ0v) is 19.2. The first-order chi connectivity index (χ1) is 15.5. The Kier molecular flexibility index (Phi) is 6.58. The quantitative estimate of drug-likeness (QED) is 0.409. The van der Waals surface area contributed by atoms with Gasteiger partial charge in [0.1, 0.15) is 5.82 Å². The van der Waals surface area contributed by atoms with Crippen LogP contribution in [0.3, 0.4) is 0 Å². The predicted octanol–water partition coefficient (Wildman–Crippen LogP) is 2.63. The number of rotatable bonds is 6. The molecule has 2 aliphatic rings. The molecule has 0 atom stereocenters. The van der Waals surface area contributed by atoms with Crippen molar-refractivity contribution < 1.29 is 0 Å². The molecule has 32 heavy (non-hydrogen) atoms. The summed E-state index contributed by atoms with van der Waals surface area (Å²) in [6.07, 6.45) is 11.1. The van der Waals surface area contributed by atoms with E-state index in [-0.39, 0.29) is 6.04 Å². The third-order valence-corrected chi connectivity index (χ3v) is 6.18. The molecule has 3 N–H and O–H groups in total. The molecule has 1 fully saturated rings. The topological polar surface area (TPSA) is 86.4 Å². The van der Waals surface area contributed by atoms with Crippen molar-refractivity contribution in [1.82, 2.24) is 24.9 Å². The van der Waals surface area contributed by atoms with E-state index in [2.05, 4.69) is 44.0 Å². The summed E-state index contributed by atoms with van der Waals surface area (Å²) < 4.78 is 0. The Morgan fingerprint density at radius 3 is 2.56 bits per heavy atom. The van der Waals surface area contributed by atoms with Crippen molar-refractivity contribution in [2.45, 2.75) is 39.7 Å². The van der Waals surface area contributed by atoms with E-state index in [0.717, 1.165) is 73.8 Å². The SMILES string of the molecule is C#CC1=C(N(N)C(C)C)c2nc(Nc3ccc(N4CCN(CC)CC4)cn3)ncc2CC1. The van der Waals surface area contributed by atoms with E-state index >= 15 is 0 Å². The monoisotopic (exact) mass is 432 g/mol. The summed E-state index contributed by atoms with van der Waals surface area (Å²) in [4.78, 5) is 18.7. The first kappa shape index (κ1) is 22.1. The highest BCUT2D eigenvalue weighted by molar-refractivity contribution is 5.73. The van der Waals surface area contributed by atoms with Gasteiger partial charge in [0.15, 0.2) is 0 Å². The summed E-state index contributed by atoms with van der Waals surface area (Å²) in [5.74, 6) is 10.3. The van der Waals surface area contributed by atoms with E-state index in [1.54, 1.807) is 5.01 Å². The van der Waals surface area contributed by atoms with Gasteiger partial charge in [0.2, 0.25) is 5.95 Å². The molecule has 0 radical (unpaired) electrons. The lowest BCUT2D eigenvalue weighted by Crippen LogP contribution is -2.46. The third kappa shape index (κ3) is 4.54. The Morgan fingerprint density at radius 2 is 1.94 bits per heavy atom. The molecular formula is C24H32N8. The van der Waals surface area contributed by atoms with Gasteiger partial charge >= 0.3 is 0 Å². The zero-order valence-electron chi connectivity index (χ0n) is 19.2. The molecule has 4 rings (SSSR count). The number of aromatic nitrogens is 3. The summed E-state index contributed by atoms with van der Waals surface area (Å²) in [5.41, 5.74) is 4.67. The first-order valence-electron chi connectivity index (χ1n) is 11.3. The molecule has 3 heterocycles. The Morgan fingerprint density at radius 1 is 1.16 bits per heavy atom. The molecule has 0 saturated carbocycles. The van der Waals surface area contributed by atoms with Crippen molar-refractivity contribution >= 4 is 23.2 Å². The standard InChI is InChI=1S/C24H32N8/c1-5-18-7-8-19-15-27-24(29-22(19)23(18)32(25)17(3)4)28-21-10-9-20(16-26-21)31-13-11-30(6-2)12-14-31/h1,9-10,15-17H,6-8,11-14,25H2,2-4H3,(H,26,27,28,29). The van der Waals surface area contributed by atoms with E-state index in [1.165, 1.54) is 0 Å². The fourth-order valence-corrected chi connectivity index (χ4v) is 4.14. The van der Waals surface area contributed by atoms with E-state index in [9.17, 15) is 0 Å². The largest absolute Gasteiger partial charge is 0.368 e. The number of hydrogen-bond donors (Lipinski definition) is 2. The Balaban J connectivity index is 1.52. The maximum atomic E-state index is 6.36. The third-order valence-electron chi connectivity index (χ3n) is 6.18. The van der Waals surface area contributed by atoms with Gasteiger partial charge in [-0.1, -0.05) is 12.8 Å². The number of nitrogens with two attached hydrogens (primary N) is 1. The molecule has 0 amide bonds. The van der Waals surface area contributed by atoms with Crippen LogP contribution in [-0.4, -0.2) is 63.6 Å². The maximum absolute atomic E-state index is 6.36. The minimum atomic E-state index is 0.0964. The molecular weight excluding hydrogens is 400 g/mol. The van der Waals surface area contributed by atoms with Crippen molar-refractivity contribution in [3.8, 4) is 12.3 Å². The van der Waals surface area contributed by atoms with E-state index < -0.39 is 0 Å². The van der Waals surface area contributed by atoms with Gasteiger partial charge in [-0.15, -0.1) is 6.42 Å². The average Bonchev–Trinajstić information content (AvgIpc) is 2.83. The van der Waals surface area contributed by atoms with Crippen LogP contribution in [0, 0.1) is 12.3 Å². The number of pyridine rings is 1. The molecule has 1 saturated heterocycles. The number of aryl methyl sites for hydroxylation is 1. The van der Waals surface area contributed by atoms with Gasteiger partial charge in [-0.05, 0) is 50.9 Å². The lowest BCUT2D eigenvalue weighted by molar-refractivity contribution is 0.271. The normalized spacial score (nSPS) is 16.7. The van der Waals surface area contributed by atoms with Gasteiger partial charge < -0.3 is 20.1 Å². The van der Waals surface area contributed by atoms with Crippen molar-refractivity contribution in [1.29, 1.82) is 0 Å². The van der Waals surface area contributed by atoms with Crippen LogP contribution >= 0.6 is 0 Å². The van der Waals surface area contributed by atoms with Crippen LogP contribution in [0.5, 0.6) is 0 Å². The minimum Gasteiger partial charge on any atom is -0.368 e. The van der Waals surface area contributed by atoms with Gasteiger partial charge in [0, 0.05) is 44.0 Å². The number of allylic oxidation sites excluding steroid dienone is 1. The summed E-state index contributed by atoms with van der Waals surface area (Å²) in [7, 11) is 0. The van der Waals surface area contributed by atoms with E-state index in [4.69, 9.17) is 17.2 Å². The van der Waals surface area contributed by atoms with Crippen LogP contribution in [0.1, 0.15) is 38.4 Å². The van der Waals surface area contributed by atoms with Crippen LogP contribution in [0.15, 0.2) is 30.1 Å². The van der Waals surface area contributed by atoms with E-state index in [1.807, 2.05) is 32.3 Å². The number of likely N-dealkylation sites (N-methyl/N-ethyl adjacent to an activating group) is 1. The lowest BCUT2D eigenvalue weighted by Gasteiger charge is -2.35. The zero-order chi connectivity index (χ0) is 22.7. The van der Waals surface area contributed by atoms with Crippen molar-refractivity contribution in [3.63, 3.8) is 0 Å². The molecule has 1 aliphatic heterocycles. The number of hydrazine groups is 1. The molecule has 168 valence electrons. The number of anilines is 3. The lowest BCUT2D eigenvalue weighted by atomic mass is 9.93. The molecule has 2 aromatic rings. The number of terminal acetylenes is 1. The molecule has 0 bridgehead atoms. The number of hydrogen-bond acceptors (Lipinski definition) is 8. The summed E-state index contributed by atoms with van der Waals surface area (Å²) in [6, 6.07) is 4.16. The van der Waals surface area contributed by atoms with Gasteiger partial charge in [-0.2, -0.15) is 0 Å². The van der Waals surface area contributed by atoms with Gasteiger partial charge in [-0.3, -0.25) is 0 Å². The van der Waals surface area contributed by atoms with Crippen LogP contribution in [0.2, 0.25) is 0 Å². The molecule has 8 heteroatoms. The number of nitrogens with one attached hydrogen (secondary N) is 1. The van der Waals surface area contributed by atoms with E-state index in [0.29, 0.717) is 11.8 Å². The second kappa shape index (κ2) is 9.55. The van der Waals surface area contributed by atoms with Crippen LogP contribution in [-0.2, 0) is 6.42 Å². The molecule has 0 unspecified atom stereocenters. The van der Waals surface area contributed by atoms with Crippen LogP contribution < -0.4 is 16.1 Å². The molecule has 2 aromatic heterocycles. The van der Waals surface area contributed by atoms with Gasteiger partial charge in [0.25, 0.3) is 0 Å². The van der Waals surface area contributed by atoms with Crippen molar-refractivity contribution in [2.75, 3.05) is 42.9 Å². The summed E-state index contributed by atoms with van der Waals surface area (Å²) in [5, 5.41) is 4.93. The van der Waals surface area contributed by atoms with Gasteiger partial charge in [-0.25, -0.2) is 20.8 Å². The maximum Gasteiger partial charge on any atom is 0.228 e. The average molecular weight is 433 g/mol. The van der Waals surface area contributed by atoms with Gasteiger partial charge in [0.05, 0.1) is 23.3 Å². The van der Waals surface area contributed by atoms with Crippen LogP contribution in [0.25, 0.3) is 5.70 Å². The van der Waals surface area contributed by atoms with Crippen molar-refractivity contribution in [2.24, 2.45) is 5.84 Å². The second-order valence-electron chi connectivity index (χ2n) is 8.49.